The molecule has 3 saturated heterocycles. The third-order valence-corrected chi connectivity index (χ3v) is 12.2. The van der Waals surface area contributed by atoms with E-state index in [1.807, 2.05) is 0 Å². The van der Waals surface area contributed by atoms with Gasteiger partial charge in [0.2, 0.25) is 0 Å². The van der Waals surface area contributed by atoms with Gasteiger partial charge >= 0.3 is 0 Å². The molecule has 4 aliphatic carbocycles. The Labute approximate surface area is 250 Å². The summed E-state index contributed by atoms with van der Waals surface area (Å²) < 4.78 is 31.2. The molecule has 6 fully saturated rings. The SMILES string of the molecule is CN(C)c1ccc([C@H]2C[C@@]34O[C@]3(CCCOC3CCCCO3)CCC4C3CC[C@@]4(O)CC5(CCC4=C32)OCCO5)cc1. The molecule has 8 rings (SSSR count). The summed E-state index contributed by atoms with van der Waals surface area (Å²) in [5.74, 6) is 0.690. The number of nitrogens with zero attached hydrogens (tertiary/aromatic N) is 1. The average molecular weight is 580 g/mol. The number of aliphatic hydroxyl groups is 1. The molecule has 1 N–H and O–H groups in total. The first-order valence-electron chi connectivity index (χ1n) is 16.8. The summed E-state index contributed by atoms with van der Waals surface area (Å²) in [4.78, 5) is 2.16. The molecule has 230 valence electrons. The van der Waals surface area contributed by atoms with Gasteiger partial charge in [0, 0.05) is 51.8 Å². The third-order valence-electron chi connectivity index (χ3n) is 12.2. The first-order valence-corrected chi connectivity index (χ1v) is 16.8. The molecule has 3 saturated carbocycles. The summed E-state index contributed by atoms with van der Waals surface area (Å²) in [5, 5.41) is 12.3. The number of hydrogen-bond donors (Lipinski definition) is 1. The van der Waals surface area contributed by atoms with Crippen molar-refractivity contribution in [2.75, 3.05) is 45.4 Å². The summed E-state index contributed by atoms with van der Waals surface area (Å²) in [7, 11) is 4.20. The quantitative estimate of drug-likeness (QED) is 0.247. The van der Waals surface area contributed by atoms with Gasteiger partial charge in [0.1, 0.15) is 5.60 Å². The highest BCUT2D eigenvalue weighted by Crippen LogP contribution is 2.75. The zero-order valence-electron chi connectivity index (χ0n) is 25.6. The Kier molecular flexibility index (Phi) is 6.86. The topological polar surface area (TPSA) is 72.9 Å². The minimum Gasteiger partial charge on any atom is -0.385 e. The number of epoxide rings is 1. The molecule has 1 aromatic rings. The van der Waals surface area contributed by atoms with E-state index in [1.165, 1.54) is 35.2 Å². The van der Waals surface area contributed by atoms with Crippen molar-refractivity contribution >= 4 is 5.69 Å². The summed E-state index contributed by atoms with van der Waals surface area (Å²) in [6.45, 7) is 2.85. The normalized spacial score (nSPS) is 41.7. The summed E-state index contributed by atoms with van der Waals surface area (Å²) >= 11 is 0. The Morgan fingerprint density at radius 2 is 1.81 bits per heavy atom. The fraction of sp³-hybridized carbons (Fsp3) is 0.771. The maximum atomic E-state index is 12.3. The van der Waals surface area contributed by atoms with Crippen LogP contribution in [0.15, 0.2) is 35.4 Å². The molecule has 0 bridgehead atoms. The highest BCUT2D eigenvalue weighted by Gasteiger charge is 2.79. The van der Waals surface area contributed by atoms with Crippen molar-refractivity contribution in [3.05, 3.63) is 41.0 Å². The van der Waals surface area contributed by atoms with E-state index in [0.29, 0.717) is 31.5 Å². The van der Waals surface area contributed by atoms with Gasteiger partial charge in [-0.1, -0.05) is 17.7 Å². The molecule has 7 nitrogen and oxygen atoms in total. The lowest BCUT2D eigenvalue weighted by atomic mass is 9.54. The van der Waals surface area contributed by atoms with Crippen molar-refractivity contribution in [3.8, 4) is 0 Å². The molecule has 7 aliphatic rings. The lowest BCUT2D eigenvalue weighted by molar-refractivity contribution is -0.208. The highest BCUT2D eigenvalue weighted by atomic mass is 16.7. The molecular weight excluding hydrogens is 530 g/mol. The number of hydrogen-bond acceptors (Lipinski definition) is 7. The minimum atomic E-state index is -0.834. The van der Waals surface area contributed by atoms with Crippen LogP contribution in [-0.4, -0.2) is 74.5 Å². The Hall–Kier alpha value is -1.48. The highest BCUT2D eigenvalue weighted by molar-refractivity contribution is 5.51. The van der Waals surface area contributed by atoms with E-state index in [1.54, 1.807) is 0 Å². The molecule has 42 heavy (non-hydrogen) atoms. The molecule has 3 unspecified atom stereocenters. The first-order chi connectivity index (χ1) is 20.4. The van der Waals surface area contributed by atoms with Crippen LogP contribution in [0.4, 0.5) is 5.69 Å². The van der Waals surface area contributed by atoms with Crippen LogP contribution in [0.3, 0.4) is 0 Å². The predicted octanol–water partition coefficient (Wildman–Crippen LogP) is 5.85. The van der Waals surface area contributed by atoms with E-state index >= 15 is 0 Å². The summed E-state index contributed by atoms with van der Waals surface area (Å²) in [6, 6.07) is 9.18. The lowest BCUT2D eigenvalue weighted by Gasteiger charge is -2.53. The predicted molar refractivity (Wildman–Crippen MR) is 159 cm³/mol. The van der Waals surface area contributed by atoms with Gasteiger partial charge in [-0.25, -0.2) is 0 Å². The summed E-state index contributed by atoms with van der Waals surface area (Å²) in [6.07, 6.45) is 12.9. The van der Waals surface area contributed by atoms with Crippen molar-refractivity contribution in [2.45, 2.75) is 118 Å². The van der Waals surface area contributed by atoms with Gasteiger partial charge in [0.25, 0.3) is 0 Å². The number of rotatable bonds is 7. The van der Waals surface area contributed by atoms with Gasteiger partial charge in [0.15, 0.2) is 12.1 Å². The second-order valence-corrected chi connectivity index (χ2v) is 14.5. The molecule has 7 heteroatoms. The van der Waals surface area contributed by atoms with Crippen molar-refractivity contribution in [1.82, 2.24) is 0 Å². The molecule has 2 spiro atoms. The molecule has 3 heterocycles. The number of ether oxygens (including phenoxy) is 5. The van der Waals surface area contributed by atoms with Crippen LogP contribution in [0.2, 0.25) is 0 Å². The monoisotopic (exact) mass is 579 g/mol. The smallest absolute Gasteiger partial charge is 0.171 e. The molecule has 0 radical (unpaired) electrons. The zero-order chi connectivity index (χ0) is 28.6. The molecule has 0 amide bonds. The van der Waals surface area contributed by atoms with Gasteiger partial charge in [0.05, 0.1) is 24.4 Å². The Bertz CT molecular complexity index is 1200. The van der Waals surface area contributed by atoms with Crippen LogP contribution in [0, 0.1) is 11.8 Å². The van der Waals surface area contributed by atoms with Gasteiger partial charge in [-0.2, -0.15) is 0 Å². The van der Waals surface area contributed by atoms with E-state index < -0.39 is 11.4 Å². The van der Waals surface area contributed by atoms with Crippen LogP contribution in [0.25, 0.3) is 0 Å². The van der Waals surface area contributed by atoms with Crippen LogP contribution in [0.1, 0.15) is 95.0 Å². The van der Waals surface area contributed by atoms with Gasteiger partial charge < -0.3 is 33.7 Å². The number of benzene rings is 1. The fourth-order valence-corrected chi connectivity index (χ4v) is 10.3. The van der Waals surface area contributed by atoms with Gasteiger partial charge in [-0.15, -0.1) is 0 Å². The van der Waals surface area contributed by atoms with Crippen molar-refractivity contribution in [1.29, 1.82) is 0 Å². The van der Waals surface area contributed by atoms with Gasteiger partial charge in [-0.05, 0) is 106 Å². The zero-order valence-corrected chi connectivity index (χ0v) is 25.6. The number of allylic oxidation sites excluding steroid dienone is 1. The molecule has 0 aromatic heterocycles. The average Bonchev–Trinajstić information content (AvgIpc) is 3.24. The third kappa shape index (κ3) is 4.36. The largest absolute Gasteiger partial charge is 0.385 e. The maximum absolute atomic E-state index is 12.3. The van der Waals surface area contributed by atoms with E-state index in [2.05, 4.69) is 43.3 Å². The van der Waals surface area contributed by atoms with Crippen molar-refractivity contribution in [3.63, 3.8) is 0 Å². The van der Waals surface area contributed by atoms with Crippen LogP contribution < -0.4 is 4.90 Å². The Morgan fingerprint density at radius 1 is 0.976 bits per heavy atom. The van der Waals surface area contributed by atoms with Gasteiger partial charge in [-0.3, -0.25) is 0 Å². The molecule has 3 aliphatic heterocycles. The standard InChI is InChI=1S/C35H49NO6/c1-36(2)25-9-7-24(8-10-25)27-22-35-28(12-16-33(35,42-35)14-5-19-39-30-6-3-4-18-38-30)26-11-15-32(37)23-34(40-20-21-41-34)17-13-29(32)31(26)27/h7-10,26-28,30,37H,3-6,11-23H2,1-2H3/t26?,27-,28?,30?,32-,33-,35+/m1/s1. The van der Waals surface area contributed by atoms with E-state index in [0.717, 1.165) is 77.4 Å². The van der Waals surface area contributed by atoms with E-state index in [9.17, 15) is 5.11 Å². The van der Waals surface area contributed by atoms with E-state index in [-0.39, 0.29) is 23.4 Å². The number of anilines is 1. The lowest BCUT2D eigenvalue weighted by Crippen LogP contribution is -2.53. The van der Waals surface area contributed by atoms with Crippen LogP contribution in [-0.2, 0) is 23.7 Å². The van der Waals surface area contributed by atoms with Crippen molar-refractivity contribution in [2.24, 2.45) is 11.8 Å². The first kappa shape index (κ1) is 28.0. The second-order valence-electron chi connectivity index (χ2n) is 14.5. The van der Waals surface area contributed by atoms with E-state index in [4.69, 9.17) is 23.7 Å². The van der Waals surface area contributed by atoms with Crippen LogP contribution >= 0.6 is 0 Å². The van der Waals surface area contributed by atoms with Crippen molar-refractivity contribution < 1.29 is 28.8 Å². The number of fused-ring (bicyclic) bond motifs is 3. The molecule has 1 aromatic carbocycles. The fourth-order valence-electron chi connectivity index (χ4n) is 10.3. The molecular formula is C35H49NO6. The van der Waals surface area contributed by atoms with Crippen LogP contribution in [0.5, 0.6) is 0 Å². The molecule has 7 atom stereocenters. The Balaban J connectivity index is 1.09. The summed E-state index contributed by atoms with van der Waals surface area (Å²) in [5.41, 5.74) is 4.54. The second kappa shape index (κ2) is 10.3. The Morgan fingerprint density at radius 3 is 2.57 bits per heavy atom. The minimum absolute atomic E-state index is 0.0115. The maximum Gasteiger partial charge on any atom is 0.171 e.